The van der Waals surface area contributed by atoms with E-state index < -0.39 is 0 Å². The summed E-state index contributed by atoms with van der Waals surface area (Å²) >= 11 is 0. The Morgan fingerprint density at radius 2 is 1.86 bits per heavy atom. The van der Waals surface area contributed by atoms with Crippen LogP contribution in [0.5, 0.6) is 5.75 Å². The van der Waals surface area contributed by atoms with Crippen molar-refractivity contribution in [2.75, 3.05) is 24.6 Å². The molecule has 0 spiro atoms. The predicted octanol–water partition coefficient (Wildman–Crippen LogP) is 5.12. The van der Waals surface area contributed by atoms with Crippen molar-refractivity contribution in [1.29, 1.82) is 0 Å². The van der Waals surface area contributed by atoms with Crippen molar-refractivity contribution < 1.29 is 9.53 Å². The van der Waals surface area contributed by atoms with Crippen LogP contribution in [0.1, 0.15) is 61.1 Å². The third-order valence-electron chi connectivity index (χ3n) is 5.63. The average Bonchev–Trinajstić information content (AvgIpc) is 2.70. The first kappa shape index (κ1) is 20.2. The third kappa shape index (κ3) is 4.86. The molecule has 4 nitrogen and oxygen atoms in total. The minimum atomic E-state index is -0.0623. The maximum atomic E-state index is 12.6. The lowest BCUT2D eigenvalue weighted by Crippen LogP contribution is -2.32. The molecule has 0 saturated carbocycles. The number of piperidine rings is 1. The van der Waals surface area contributed by atoms with Crippen molar-refractivity contribution in [1.82, 2.24) is 5.32 Å². The standard InChI is InChI=1S/C24H32N2O2/c1-5-28-23-11-8-21(16-18(23)3)24(27)25-19(4)20-6-9-22(10-7-20)26-14-12-17(2)13-15-26/h6-11,16-17,19H,5,12-15H2,1-4H3,(H,25,27)/t19-/m0/s1. The lowest BCUT2D eigenvalue weighted by Gasteiger charge is -2.32. The highest BCUT2D eigenvalue weighted by Gasteiger charge is 2.17. The van der Waals surface area contributed by atoms with Crippen LogP contribution in [-0.4, -0.2) is 25.6 Å². The van der Waals surface area contributed by atoms with Gasteiger partial charge in [0.2, 0.25) is 0 Å². The Hall–Kier alpha value is -2.49. The molecule has 1 aliphatic rings. The molecule has 0 aromatic heterocycles. The summed E-state index contributed by atoms with van der Waals surface area (Å²) in [6, 6.07) is 14.1. The van der Waals surface area contributed by atoms with Crippen LogP contribution in [0.4, 0.5) is 5.69 Å². The van der Waals surface area contributed by atoms with Crippen LogP contribution in [0, 0.1) is 12.8 Å². The molecule has 0 unspecified atom stereocenters. The molecule has 0 bridgehead atoms. The second-order valence-corrected chi connectivity index (χ2v) is 7.87. The predicted molar refractivity (Wildman–Crippen MR) is 115 cm³/mol. The Labute approximate surface area is 168 Å². The fourth-order valence-electron chi connectivity index (χ4n) is 3.71. The van der Waals surface area contributed by atoms with E-state index >= 15 is 0 Å². The van der Waals surface area contributed by atoms with Gasteiger partial charge < -0.3 is 15.0 Å². The Morgan fingerprint density at radius 1 is 1.18 bits per heavy atom. The topological polar surface area (TPSA) is 41.6 Å². The van der Waals surface area contributed by atoms with Gasteiger partial charge in [0, 0.05) is 24.3 Å². The van der Waals surface area contributed by atoms with Crippen molar-refractivity contribution in [3.8, 4) is 5.75 Å². The number of amides is 1. The molecule has 2 aromatic rings. The number of benzene rings is 2. The SMILES string of the molecule is CCOc1ccc(C(=O)N[C@@H](C)c2ccc(N3CCC(C)CC3)cc2)cc1C. The molecule has 3 rings (SSSR count). The van der Waals surface area contributed by atoms with Crippen LogP contribution in [0.2, 0.25) is 0 Å². The van der Waals surface area contributed by atoms with Crippen LogP contribution in [0.25, 0.3) is 0 Å². The van der Waals surface area contributed by atoms with Crippen molar-refractivity contribution >= 4 is 11.6 Å². The maximum absolute atomic E-state index is 12.6. The van der Waals surface area contributed by atoms with E-state index in [4.69, 9.17) is 4.74 Å². The molecule has 1 saturated heterocycles. The van der Waals surface area contributed by atoms with Crippen molar-refractivity contribution in [3.05, 3.63) is 59.2 Å². The van der Waals surface area contributed by atoms with E-state index in [0.29, 0.717) is 12.2 Å². The lowest BCUT2D eigenvalue weighted by atomic mass is 9.98. The molecule has 1 heterocycles. The Bertz CT molecular complexity index is 793. The van der Waals surface area contributed by atoms with Gasteiger partial charge in [-0.25, -0.2) is 0 Å². The zero-order valence-corrected chi connectivity index (χ0v) is 17.5. The summed E-state index contributed by atoms with van der Waals surface area (Å²) < 4.78 is 5.55. The summed E-state index contributed by atoms with van der Waals surface area (Å²) in [5.41, 5.74) is 4.02. The molecular weight excluding hydrogens is 348 g/mol. The Morgan fingerprint density at radius 3 is 2.46 bits per heavy atom. The zero-order chi connectivity index (χ0) is 20.1. The van der Waals surface area contributed by atoms with Crippen LogP contribution in [0.15, 0.2) is 42.5 Å². The molecule has 1 fully saturated rings. The van der Waals surface area contributed by atoms with Crippen LogP contribution >= 0.6 is 0 Å². The van der Waals surface area contributed by atoms with Gasteiger partial charge in [0.15, 0.2) is 0 Å². The van der Waals surface area contributed by atoms with E-state index in [0.717, 1.165) is 35.9 Å². The van der Waals surface area contributed by atoms with Gasteiger partial charge in [0.05, 0.1) is 12.6 Å². The van der Waals surface area contributed by atoms with Crippen LogP contribution < -0.4 is 15.0 Å². The number of hydrogen-bond donors (Lipinski definition) is 1. The fraction of sp³-hybridized carbons (Fsp3) is 0.458. The number of rotatable bonds is 6. The molecule has 1 atom stereocenters. The molecule has 150 valence electrons. The average molecular weight is 381 g/mol. The number of nitrogens with one attached hydrogen (secondary N) is 1. The smallest absolute Gasteiger partial charge is 0.251 e. The number of carbonyl (C=O) groups excluding carboxylic acids is 1. The second-order valence-electron chi connectivity index (χ2n) is 7.87. The Kier molecular flexibility index (Phi) is 6.61. The molecule has 1 N–H and O–H groups in total. The van der Waals surface area contributed by atoms with Gasteiger partial charge in [-0.3, -0.25) is 4.79 Å². The third-order valence-corrected chi connectivity index (χ3v) is 5.63. The van der Waals surface area contributed by atoms with Gasteiger partial charge in [-0.15, -0.1) is 0 Å². The van der Waals surface area contributed by atoms with Gasteiger partial charge in [-0.2, -0.15) is 0 Å². The minimum Gasteiger partial charge on any atom is -0.494 e. The first-order chi connectivity index (χ1) is 13.5. The molecule has 28 heavy (non-hydrogen) atoms. The van der Waals surface area contributed by atoms with E-state index in [1.807, 2.05) is 39.0 Å². The minimum absolute atomic E-state index is 0.0465. The number of carbonyl (C=O) groups is 1. The van der Waals surface area contributed by atoms with E-state index in [2.05, 4.69) is 41.4 Å². The summed E-state index contributed by atoms with van der Waals surface area (Å²) in [5.74, 6) is 1.60. The van der Waals surface area contributed by atoms with Gasteiger partial charge >= 0.3 is 0 Å². The summed E-state index contributed by atoms with van der Waals surface area (Å²) in [6.07, 6.45) is 2.52. The number of nitrogens with zero attached hydrogens (tertiary/aromatic N) is 1. The molecule has 0 radical (unpaired) electrons. The van der Waals surface area contributed by atoms with Crippen LogP contribution in [-0.2, 0) is 0 Å². The summed E-state index contributed by atoms with van der Waals surface area (Å²) in [4.78, 5) is 15.1. The van der Waals surface area contributed by atoms with E-state index in [9.17, 15) is 4.79 Å². The number of ether oxygens (including phenoxy) is 1. The van der Waals surface area contributed by atoms with E-state index in [1.165, 1.54) is 18.5 Å². The van der Waals surface area contributed by atoms with E-state index in [1.54, 1.807) is 0 Å². The molecule has 0 aliphatic carbocycles. The quantitative estimate of drug-likeness (QED) is 0.756. The highest BCUT2D eigenvalue weighted by molar-refractivity contribution is 5.94. The highest BCUT2D eigenvalue weighted by Crippen LogP contribution is 2.25. The fourth-order valence-corrected chi connectivity index (χ4v) is 3.71. The molecule has 4 heteroatoms. The molecular formula is C24H32N2O2. The highest BCUT2D eigenvalue weighted by atomic mass is 16.5. The summed E-state index contributed by atoms with van der Waals surface area (Å²) in [5, 5.41) is 3.10. The van der Waals surface area contributed by atoms with Crippen molar-refractivity contribution in [2.24, 2.45) is 5.92 Å². The number of anilines is 1. The van der Waals surface area contributed by atoms with Gasteiger partial charge in [-0.1, -0.05) is 19.1 Å². The second kappa shape index (κ2) is 9.13. The summed E-state index contributed by atoms with van der Waals surface area (Å²) in [7, 11) is 0. The van der Waals surface area contributed by atoms with Gasteiger partial charge in [0.25, 0.3) is 5.91 Å². The monoisotopic (exact) mass is 380 g/mol. The zero-order valence-electron chi connectivity index (χ0n) is 17.5. The molecule has 2 aromatic carbocycles. The normalized spacial score (nSPS) is 15.9. The first-order valence-electron chi connectivity index (χ1n) is 10.4. The lowest BCUT2D eigenvalue weighted by molar-refractivity contribution is 0.0939. The molecule has 1 amide bonds. The van der Waals surface area contributed by atoms with E-state index in [-0.39, 0.29) is 11.9 Å². The molecule has 1 aliphatic heterocycles. The first-order valence-corrected chi connectivity index (χ1v) is 10.4. The van der Waals surface area contributed by atoms with Crippen LogP contribution in [0.3, 0.4) is 0 Å². The van der Waals surface area contributed by atoms with Gasteiger partial charge in [0.1, 0.15) is 5.75 Å². The van der Waals surface area contributed by atoms with Crippen molar-refractivity contribution in [3.63, 3.8) is 0 Å². The Balaban J connectivity index is 1.61. The number of aryl methyl sites for hydroxylation is 1. The number of hydrogen-bond acceptors (Lipinski definition) is 3. The maximum Gasteiger partial charge on any atom is 0.251 e. The largest absolute Gasteiger partial charge is 0.494 e. The summed E-state index contributed by atoms with van der Waals surface area (Å²) in [6.45, 7) is 11.2. The van der Waals surface area contributed by atoms with Crippen molar-refractivity contribution in [2.45, 2.75) is 46.6 Å². The van der Waals surface area contributed by atoms with Gasteiger partial charge in [-0.05, 0) is 81.0 Å².